The normalized spacial score (nSPS) is 19.9. The fourth-order valence-corrected chi connectivity index (χ4v) is 4.01. The number of hydrogen-bond acceptors (Lipinski definition) is 4. The van der Waals surface area contributed by atoms with E-state index in [1.807, 2.05) is 25.8 Å². The average Bonchev–Trinajstić information content (AvgIpc) is 2.49. The van der Waals surface area contributed by atoms with E-state index >= 15 is 0 Å². The lowest BCUT2D eigenvalue weighted by Gasteiger charge is -2.38. The van der Waals surface area contributed by atoms with Crippen LogP contribution in [0.5, 0.6) is 0 Å². The molecule has 1 aromatic rings. The molecule has 1 amide bonds. The van der Waals surface area contributed by atoms with Crippen molar-refractivity contribution < 1.29 is 13.2 Å². The maximum absolute atomic E-state index is 12.8. The maximum atomic E-state index is 12.8. The third-order valence-electron chi connectivity index (χ3n) is 4.52. The Morgan fingerprint density at radius 2 is 1.91 bits per heavy atom. The van der Waals surface area contributed by atoms with Crippen molar-refractivity contribution >= 4 is 15.9 Å². The van der Waals surface area contributed by atoms with Crippen LogP contribution in [0.1, 0.15) is 28.4 Å². The molecule has 23 heavy (non-hydrogen) atoms. The molecular weight excluding hydrogens is 314 g/mol. The first-order valence-corrected chi connectivity index (χ1v) is 9.20. The van der Waals surface area contributed by atoms with Gasteiger partial charge in [0.25, 0.3) is 5.91 Å². The van der Waals surface area contributed by atoms with Gasteiger partial charge in [0.15, 0.2) is 0 Å². The molecule has 1 aliphatic rings. The monoisotopic (exact) mass is 339 g/mol. The zero-order valence-electron chi connectivity index (χ0n) is 14.4. The van der Waals surface area contributed by atoms with Gasteiger partial charge in [-0.25, -0.2) is 13.1 Å². The molecule has 1 heterocycles. The van der Waals surface area contributed by atoms with E-state index in [4.69, 9.17) is 0 Å². The van der Waals surface area contributed by atoms with Crippen molar-refractivity contribution in [2.75, 3.05) is 33.7 Å². The number of piperazine rings is 1. The van der Waals surface area contributed by atoms with Gasteiger partial charge in [-0.05, 0) is 58.1 Å². The number of carbonyl (C=O) groups is 1. The van der Waals surface area contributed by atoms with Crippen molar-refractivity contribution in [1.29, 1.82) is 0 Å². The van der Waals surface area contributed by atoms with Gasteiger partial charge in [0.1, 0.15) is 0 Å². The minimum atomic E-state index is -3.59. The maximum Gasteiger partial charge on any atom is 0.254 e. The fourth-order valence-electron chi connectivity index (χ4n) is 2.95. The first-order chi connectivity index (χ1) is 10.7. The summed E-state index contributed by atoms with van der Waals surface area (Å²) in [6.07, 6.45) is 0. The highest BCUT2D eigenvalue weighted by Crippen LogP contribution is 2.23. The van der Waals surface area contributed by atoms with Crippen LogP contribution in [0.2, 0.25) is 0 Å². The van der Waals surface area contributed by atoms with Crippen molar-refractivity contribution in [3.63, 3.8) is 0 Å². The number of aryl methyl sites for hydroxylation is 1. The van der Waals surface area contributed by atoms with Crippen LogP contribution in [-0.4, -0.2) is 63.9 Å². The Hall–Kier alpha value is -1.44. The van der Waals surface area contributed by atoms with Crippen molar-refractivity contribution in [3.8, 4) is 0 Å². The Morgan fingerprint density at radius 3 is 2.48 bits per heavy atom. The molecule has 0 saturated carbocycles. The standard InChI is InChI=1S/C16H25N3O3S/c1-11-8-14(9-15(13(11)3)23(21,22)17-4)16(20)19-7-6-18(5)10-12(19)2/h8-9,12,17H,6-7,10H2,1-5H3/t12-/m1/s1. The van der Waals surface area contributed by atoms with Crippen molar-refractivity contribution in [3.05, 3.63) is 28.8 Å². The lowest BCUT2D eigenvalue weighted by atomic mass is 10.0. The second kappa shape index (κ2) is 6.59. The highest BCUT2D eigenvalue weighted by molar-refractivity contribution is 7.89. The van der Waals surface area contributed by atoms with Crippen LogP contribution in [0, 0.1) is 13.8 Å². The Balaban J connectivity index is 2.42. The predicted octanol–water partition coefficient (Wildman–Crippen LogP) is 0.988. The summed E-state index contributed by atoms with van der Waals surface area (Å²) in [5.74, 6) is -0.110. The van der Waals surface area contributed by atoms with Gasteiger partial charge in [-0.15, -0.1) is 0 Å². The van der Waals surface area contributed by atoms with Gasteiger partial charge in [-0.2, -0.15) is 0 Å². The number of amides is 1. The summed E-state index contributed by atoms with van der Waals surface area (Å²) in [6.45, 7) is 7.89. The third kappa shape index (κ3) is 3.57. The number of rotatable bonds is 3. The molecule has 1 aromatic carbocycles. The quantitative estimate of drug-likeness (QED) is 0.891. The summed E-state index contributed by atoms with van der Waals surface area (Å²) in [5.41, 5.74) is 1.90. The number of carbonyl (C=O) groups excluding carboxylic acids is 1. The molecular formula is C16H25N3O3S. The molecule has 0 aromatic heterocycles. The second-order valence-electron chi connectivity index (χ2n) is 6.23. The summed E-state index contributed by atoms with van der Waals surface area (Å²) < 4.78 is 26.7. The summed E-state index contributed by atoms with van der Waals surface area (Å²) in [7, 11) is -0.180. The van der Waals surface area contributed by atoms with Gasteiger partial charge in [-0.1, -0.05) is 0 Å². The molecule has 1 saturated heterocycles. The summed E-state index contributed by atoms with van der Waals surface area (Å²) in [5, 5.41) is 0. The van der Waals surface area contributed by atoms with E-state index in [1.54, 1.807) is 13.0 Å². The molecule has 0 unspecified atom stereocenters. The SMILES string of the molecule is CNS(=O)(=O)c1cc(C(=O)N2CCN(C)C[C@H]2C)cc(C)c1C. The second-order valence-corrected chi connectivity index (χ2v) is 8.09. The van der Waals surface area contributed by atoms with Crippen LogP contribution in [0.25, 0.3) is 0 Å². The van der Waals surface area contributed by atoms with E-state index < -0.39 is 10.0 Å². The predicted molar refractivity (Wildman–Crippen MR) is 90.2 cm³/mol. The minimum Gasteiger partial charge on any atom is -0.333 e. The van der Waals surface area contributed by atoms with E-state index in [-0.39, 0.29) is 16.8 Å². The number of nitrogens with zero attached hydrogens (tertiary/aromatic N) is 2. The highest BCUT2D eigenvalue weighted by atomic mass is 32.2. The van der Waals surface area contributed by atoms with Gasteiger partial charge in [-0.3, -0.25) is 4.79 Å². The number of hydrogen-bond donors (Lipinski definition) is 1. The lowest BCUT2D eigenvalue weighted by Crippen LogP contribution is -2.52. The Morgan fingerprint density at radius 1 is 1.26 bits per heavy atom. The molecule has 1 N–H and O–H groups in total. The van der Waals surface area contributed by atoms with Gasteiger partial charge in [0, 0.05) is 31.2 Å². The number of likely N-dealkylation sites (N-methyl/N-ethyl adjacent to an activating group) is 1. The Bertz CT molecular complexity index is 716. The minimum absolute atomic E-state index is 0.104. The number of sulfonamides is 1. The smallest absolute Gasteiger partial charge is 0.254 e. The topological polar surface area (TPSA) is 69.7 Å². The number of nitrogens with one attached hydrogen (secondary N) is 1. The van der Waals surface area contributed by atoms with Crippen LogP contribution >= 0.6 is 0 Å². The van der Waals surface area contributed by atoms with Crippen LogP contribution in [-0.2, 0) is 10.0 Å². The molecule has 1 fully saturated rings. The van der Waals surface area contributed by atoms with Crippen LogP contribution < -0.4 is 4.72 Å². The molecule has 0 spiro atoms. The third-order valence-corrected chi connectivity index (χ3v) is 6.06. The van der Waals surface area contributed by atoms with Crippen molar-refractivity contribution in [2.24, 2.45) is 0 Å². The van der Waals surface area contributed by atoms with E-state index in [0.29, 0.717) is 17.7 Å². The fraction of sp³-hybridized carbons (Fsp3) is 0.562. The summed E-state index contributed by atoms with van der Waals surface area (Å²) in [6, 6.07) is 3.37. The summed E-state index contributed by atoms with van der Waals surface area (Å²) >= 11 is 0. The first kappa shape index (κ1) is 17.9. The molecule has 0 bridgehead atoms. The zero-order valence-corrected chi connectivity index (χ0v) is 15.2. The van der Waals surface area contributed by atoms with Crippen molar-refractivity contribution in [2.45, 2.75) is 31.7 Å². The molecule has 128 valence electrons. The van der Waals surface area contributed by atoms with Crippen LogP contribution in [0.3, 0.4) is 0 Å². The number of benzene rings is 1. The first-order valence-electron chi connectivity index (χ1n) is 7.71. The van der Waals surface area contributed by atoms with E-state index in [2.05, 4.69) is 9.62 Å². The van der Waals surface area contributed by atoms with E-state index in [9.17, 15) is 13.2 Å². The molecule has 0 radical (unpaired) electrons. The summed E-state index contributed by atoms with van der Waals surface area (Å²) in [4.78, 5) is 17.0. The highest BCUT2D eigenvalue weighted by Gasteiger charge is 2.28. The van der Waals surface area contributed by atoms with E-state index in [0.717, 1.165) is 18.7 Å². The largest absolute Gasteiger partial charge is 0.333 e. The average molecular weight is 339 g/mol. The van der Waals surface area contributed by atoms with Gasteiger partial charge in [0.2, 0.25) is 10.0 Å². The molecule has 1 atom stereocenters. The molecule has 1 aliphatic heterocycles. The molecule has 6 nitrogen and oxygen atoms in total. The Labute approximate surface area is 138 Å². The molecule has 0 aliphatic carbocycles. The van der Waals surface area contributed by atoms with Crippen molar-refractivity contribution in [1.82, 2.24) is 14.5 Å². The lowest BCUT2D eigenvalue weighted by molar-refractivity contribution is 0.0533. The Kier molecular flexibility index (Phi) is 5.13. The molecule has 2 rings (SSSR count). The van der Waals surface area contributed by atoms with Crippen LogP contribution in [0.15, 0.2) is 17.0 Å². The zero-order chi connectivity index (χ0) is 17.4. The van der Waals surface area contributed by atoms with Gasteiger partial charge >= 0.3 is 0 Å². The molecule has 7 heteroatoms. The van der Waals surface area contributed by atoms with E-state index in [1.165, 1.54) is 13.1 Å². The van der Waals surface area contributed by atoms with Crippen LogP contribution in [0.4, 0.5) is 0 Å². The van der Waals surface area contributed by atoms with Gasteiger partial charge < -0.3 is 9.80 Å². The van der Waals surface area contributed by atoms with Gasteiger partial charge in [0.05, 0.1) is 4.90 Å².